The van der Waals surface area contributed by atoms with Crippen LogP contribution in [0.25, 0.3) is 0 Å². The molecular weight excluding hydrogens is 306 g/mol. The summed E-state index contributed by atoms with van der Waals surface area (Å²) >= 11 is 0. The van der Waals surface area contributed by atoms with Crippen molar-refractivity contribution in [2.45, 2.75) is 18.9 Å². The first-order valence-electron chi connectivity index (χ1n) is 7.05. The maximum absolute atomic E-state index is 11.9. The van der Waals surface area contributed by atoms with Gasteiger partial charge < -0.3 is 15.4 Å². The minimum atomic E-state index is -3.14. The van der Waals surface area contributed by atoms with E-state index in [9.17, 15) is 13.2 Å². The first-order valence-corrected chi connectivity index (χ1v) is 8.90. The van der Waals surface area contributed by atoms with Crippen molar-refractivity contribution >= 4 is 21.7 Å². The van der Waals surface area contributed by atoms with Gasteiger partial charge in [-0.15, -0.1) is 0 Å². The lowest BCUT2D eigenvalue weighted by atomic mass is 10.1. The fourth-order valence-corrected chi connectivity index (χ4v) is 3.23. The van der Waals surface area contributed by atoms with Crippen molar-refractivity contribution in [2.75, 3.05) is 31.8 Å². The Kier molecular flexibility index (Phi) is 5.25. The molecule has 1 aromatic carbocycles. The van der Waals surface area contributed by atoms with Gasteiger partial charge >= 0.3 is 6.03 Å². The van der Waals surface area contributed by atoms with Crippen LogP contribution < -0.4 is 15.4 Å². The van der Waals surface area contributed by atoms with Crippen LogP contribution in [0.15, 0.2) is 24.3 Å². The van der Waals surface area contributed by atoms with Crippen molar-refractivity contribution in [1.82, 2.24) is 9.62 Å². The molecule has 2 rings (SSSR count). The van der Waals surface area contributed by atoms with Crippen LogP contribution in [0.4, 0.5) is 10.5 Å². The lowest BCUT2D eigenvalue weighted by Crippen LogP contribution is -2.47. The number of rotatable bonds is 4. The van der Waals surface area contributed by atoms with Crippen molar-refractivity contribution in [3.05, 3.63) is 24.3 Å². The smallest absolute Gasteiger partial charge is 0.319 e. The van der Waals surface area contributed by atoms with Crippen LogP contribution in [0.5, 0.6) is 5.75 Å². The number of piperidine rings is 1. The first-order chi connectivity index (χ1) is 10.4. The normalized spacial score (nSPS) is 17.0. The summed E-state index contributed by atoms with van der Waals surface area (Å²) in [5, 5.41) is 5.61. The molecule has 1 heterocycles. The number of urea groups is 1. The number of methoxy groups -OCH3 is 1. The summed E-state index contributed by atoms with van der Waals surface area (Å²) in [6.45, 7) is 0.874. The predicted octanol–water partition coefficient (Wildman–Crippen LogP) is 1.24. The molecule has 0 spiro atoms. The number of nitrogens with zero attached hydrogens (tertiary/aromatic N) is 1. The van der Waals surface area contributed by atoms with E-state index in [1.807, 2.05) is 0 Å². The second kappa shape index (κ2) is 6.97. The van der Waals surface area contributed by atoms with E-state index in [0.29, 0.717) is 31.6 Å². The molecule has 1 aliphatic heterocycles. The maximum Gasteiger partial charge on any atom is 0.319 e. The molecule has 0 radical (unpaired) electrons. The van der Waals surface area contributed by atoms with Crippen LogP contribution in [0, 0.1) is 0 Å². The van der Waals surface area contributed by atoms with Crippen LogP contribution in [-0.4, -0.2) is 51.3 Å². The van der Waals surface area contributed by atoms with Crippen molar-refractivity contribution in [2.24, 2.45) is 0 Å². The van der Waals surface area contributed by atoms with E-state index >= 15 is 0 Å². The highest BCUT2D eigenvalue weighted by atomic mass is 32.2. The van der Waals surface area contributed by atoms with E-state index in [1.165, 1.54) is 10.6 Å². The third-order valence-corrected chi connectivity index (χ3v) is 4.91. The molecule has 1 aliphatic rings. The number of nitrogens with one attached hydrogen (secondary N) is 2. The summed E-state index contributed by atoms with van der Waals surface area (Å²) < 4.78 is 29.3. The second-order valence-corrected chi connectivity index (χ2v) is 7.25. The first kappa shape index (κ1) is 16.6. The average Bonchev–Trinajstić information content (AvgIpc) is 2.47. The zero-order valence-electron chi connectivity index (χ0n) is 12.7. The molecule has 0 aromatic heterocycles. The Hall–Kier alpha value is -1.80. The zero-order chi connectivity index (χ0) is 16.2. The lowest BCUT2D eigenvalue weighted by molar-refractivity contribution is 0.238. The van der Waals surface area contributed by atoms with Gasteiger partial charge in [0.25, 0.3) is 0 Å². The molecule has 122 valence electrons. The van der Waals surface area contributed by atoms with Crippen molar-refractivity contribution in [3.63, 3.8) is 0 Å². The summed E-state index contributed by atoms with van der Waals surface area (Å²) in [5.74, 6) is 0.721. The Bertz CT molecular complexity index is 607. The quantitative estimate of drug-likeness (QED) is 0.871. The summed E-state index contributed by atoms with van der Waals surface area (Å²) in [4.78, 5) is 11.9. The fraction of sp³-hybridized carbons (Fsp3) is 0.500. The molecule has 1 saturated heterocycles. The average molecular weight is 327 g/mol. The van der Waals surface area contributed by atoms with Crippen LogP contribution in [-0.2, 0) is 10.0 Å². The number of carbonyl (C=O) groups is 1. The number of hydrogen-bond donors (Lipinski definition) is 2. The van der Waals surface area contributed by atoms with Gasteiger partial charge in [-0.25, -0.2) is 17.5 Å². The van der Waals surface area contributed by atoms with Crippen molar-refractivity contribution in [1.29, 1.82) is 0 Å². The summed E-state index contributed by atoms with van der Waals surface area (Å²) in [5.41, 5.74) is 0.673. The van der Waals surface area contributed by atoms with Crippen molar-refractivity contribution < 1.29 is 17.9 Å². The molecule has 8 heteroatoms. The lowest BCUT2D eigenvalue weighted by Gasteiger charge is -2.30. The van der Waals surface area contributed by atoms with Gasteiger partial charge in [-0.2, -0.15) is 0 Å². The molecule has 0 aliphatic carbocycles. The number of amides is 2. The van der Waals surface area contributed by atoms with E-state index in [1.54, 1.807) is 31.4 Å². The van der Waals surface area contributed by atoms with Crippen molar-refractivity contribution in [3.8, 4) is 5.75 Å². The molecule has 1 aromatic rings. The zero-order valence-corrected chi connectivity index (χ0v) is 13.5. The van der Waals surface area contributed by atoms with Crippen LogP contribution in [0.1, 0.15) is 12.8 Å². The molecular formula is C14H21N3O4S. The molecule has 0 bridgehead atoms. The fourth-order valence-electron chi connectivity index (χ4n) is 2.36. The van der Waals surface area contributed by atoms with Crippen LogP contribution in [0.3, 0.4) is 0 Å². The number of anilines is 1. The highest BCUT2D eigenvalue weighted by Gasteiger charge is 2.25. The van der Waals surface area contributed by atoms with Crippen LogP contribution >= 0.6 is 0 Å². The molecule has 22 heavy (non-hydrogen) atoms. The van der Waals surface area contributed by atoms with Gasteiger partial charge in [0.15, 0.2) is 0 Å². The highest BCUT2D eigenvalue weighted by molar-refractivity contribution is 7.88. The van der Waals surface area contributed by atoms with E-state index in [-0.39, 0.29) is 12.1 Å². The monoisotopic (exact) mass is 327 g/mol. The number of hydrogen-bond acceptors (Lipinski definition) is 4. The molecule has 0 saturated carbocycles. The molecule has 2 N–H and O–H groups in total. The van der Waals surface area contributed by atoms with Gasteiger partial charge in [-0.3, -0.25) is 0 Å². The van der Waals surface area contributed by atoms with Crippen LogP contribution in [0.2, 0.25) is 0 Å². The van der Waals surface area contributed by atoms with E-state index in [0.717, 1.165) is 5.75 Å². The minimum Gasteiger partial charge on any atom is -0.497 e. The molecule has 0 atom stereocenters. The SMILES string of the molecule is COc1ccc(NC(=O)NC2CCN(S(C)(=O)=O)CC2)cc1. The Morgan fingerprint density at radius 3 is 2.32 bits per heavy atom. The number of benzene rings is 1. The summed E-state index contributed by atoms with van der Waals surface area (Å²) in [6, 6.07) is 6.73. The van der Waals surface area contributed by atoms with E-state index in [2.05, 4.69) is 10.6 Å². The van der Waals surface area contributed by atoms with Gasteiger partial charge in [0.05, 0.1) is 13.4 Å². The van der Waals surface area contributed by atoms with Gasteiger partial charge in [-0.1, -0.05) is 0 Å². The van der Waals surface area contributed by atoms with Gasteiger partial charge in [0.2, 0.25) is 10.0 Å². The highest BCUT2D eigenvalue weighted by Crippen LogP contribution is 2.16. The Balaban J connectivity index is 1.80. The number of ether oxygens (including phenoxy) is 1. The Labute approximate surface area is 130 Å². The third kappa shape index (κ3) is 4.60. The topological polar surface area (TPSA) is 87.7 Å². The van der Waals surface area contributed by atoms with E-state index < -0.39 is 10.0 Å². The number of sulfonamides is 1. The molecule has 7 nitrogen and oxygen atoms in total. The van der Waals surface area contributed by atoms with Gasteiger partial charge in [-0.05, 0) is 37.1 Å². The summed E-state index contributed by atoms with van der Waals surface area (Å²) in [6.07, 6.45) is 2.43. The van der Waals surface area contributed by atoms with E-state index in [4.69, 9.17) is 4.74 Å². The maximum atomic E-state index is 11.9. The third-order valence-electron chi connectivity index (χ3n) is 3.61. The predicted molar refractivity (Wildman–Crippen MR) is 84.6 cm³/mol. The molecule has 0 unspecified atom stereocenters. The minimum absolute atomic E-state index is 0.0174. The Morgan fingerprint density at radius 1 is 1.23 bits per heavy atom. The molecule has 2 amide bonds. The number of carbonyl (C=O) groups excluding carboxylic acids is 1. The second-order valence-electron chi connectivity index (χ2n) is 5.26. The Morgan fingerprint density at radius 2 is 1.82 bits per heavy atom. The van der Waals surface area contributed by atoms with Gasteiger partial charge in [0.1, 0.15) is 5.75 Å². The van der Waals surface area contributed by atoms with Gasteiger partial charge in [0, 0.05) is 24.8 Å². The summed E-state index contributed by atoms with van der Waals surface area (Å²) in [7, 11) is -1.56. The molecule has 1 fully saturated rings. The standard InChI is InChI=1S/C14H21N3O4S/c1-21-13-5-3-11(4-6-13)15-14(18)16-12-7-9-17(10-8-12)22(2,19)20/h3-6,12H,7-10H2,1-2H3,(H2,15,16,18). The largest absolute Gasteiger partial charge is 0.497 e.